The van der Waals surface area contributed by atoms with Gasteiger partial charge >= 0.3 is 6.18 Å². The summed E-state index contributed by atoms with van der Waals surface area (Å²) in [5, 5.41) is 2.46. The number of rotatable bonds is 2. The van der Waals surface area contributed by atoms with E-state index in [1.807, 2.05) is 0 Å². The summed E-state index contributed by atoms with van der Waals surface area (Å²) in [4.78, 5) is 3.47. The fraction of sp³-hybridized carbons (Fsp3) is 0.0833. The molecule has 0 aliphatic carbocycles. The van der Waals surface area contributed by atoms with E-state index >= 15 is 0 Å². The standard InChI is InChI=1S/C12H8ClF4N3/c13-8-4-7(1-2-9(8)14)20-10-3-6(12(15,16)17)5-19-11(10)18/h1-5,20H,(H2,18,19). The van der Waals surface area contributed by atoms with Crippen molar-refractivity contribution in [3.63, 3.8) is 0 Å². The van der Waals surface area contributed by atoms with E-state index < -0.39 is 17.6 Å². The molecule has 0 aliphatic rings. The topological polar surface area (TPSA) is 50.9 Å². The van der Waals surface area contributed by atoms with E-state index in [-0.39, 0.29) is 16.5 Å². The minimum absolute atomic E-state index is 0.0394. The molecule has 3 nitrogen and oxygen atoms in total. The van der Waals surface area contributed by atoms with Gasteiger partial charge in [0.2, 0.25) is 0 Å². The fourth-order valence-electron chi connectivity index (χ4n) is 1.46. The van der Waals surface area contributed by atoms with E-state index in [4.69, 9.17) is 17.3 Å². The first-order chi connectivity index (χ1) is 9.27. The number of aromatic nitrogens is 1. The third kappa shape index (κ3) is 3.11. The molecule has 1 aromatic heterocycles. The van der Waals surface area contributed by atoms with Gasteiger partial charge in [-0.3, -0.25) is 0 Å². The van der Waals surface area contributed by atoms with Gasteiger partial charge in [0.25, 0.3) is 0 Å². The lowest BCUT2D eigenvalue weighted by Gasteiger charge is -2.12. The Hall–Kier alpha value is -2.02. The molecule has 106 valence electrons. The molecular weight excluding hydrogens is 298 g/mol. The van der Waals surface area contributed by atoms with Crippen molar-refractivity contribution < 1.29 is 17.6 Å². The van der Waals surface area contributed by atoms with Crippen LogP contribution in [0.15, 0.2) is 30.5 Å². The maximum atomic E-state index is 13.0. The van der Waals surface area contributed by atoms with E-state index in [0.29, 0.717) is 11.9 Å². The van der Waals surface area contributed by atoms with Crippen LogP contribution in [0.4, 0.5) is 34.8 Å². The van der Waals surface area contributed by atoms with E-state index in [1.165, 1.54) is 12.1 Å². The van der Waals surface area contributed by atoms with Gasteiger partial charge in [-0.2, -0.15) is 13.2 Å². The van der Waals surface area contributed by atoms with Gasteiger partial charge in [-0.15, -0.1) is 0 Å². The normalized spacial score (nSPS) is 11.4. The van der Waals surface area contributed by atoms with Gasteiger partial charge in [0, 0.05) is 11.9 Å². The molecule has 0 amide bonds. The number of anilines is 3. The summed E-state index contributed by atoms with van der Waals surface area (Å²) >= 11 is 5.58. The molecule has 2 rings (SSSR count). The summed E-state index contributed by atoms with van der Waals surface area (Å²) in [6, 6.07) is 4.46. The largest absolute Gasteiger partial charge is 0.417 e. The lowest BCUT2D eigenvalue weighted by molar-refractivity contribution is -0.137. The summed E-state index contributed by atoms with van der Waals surface area (Å²) in [7, 11) is 0. The minimum atomic E-state index is -4.53. The molecule has 3 N–H and O–H groups in total. The van der Waals surface area contributed by atoms with Gasteiger partial charge in [0.05, 0.1) is 16.3 Å². The van der Waals surface area contributed by atoms with Crippen LogP contribution in [-0.2, 0) is 6.18 Å². The SMILES string of the molecule is Nc1ncc(C(F)(F)F)cc1Nc1ccc(F)c(Cl)c1. The van der Waals surface area contributed by atoms with Crippen molar-refractivity contribution in [2.45, 2.75) is 6.18 Å². The molecule has 0 bridgehead atoms. The Bertz CT molecular complexity index is 643. The molecular formula is C12H8ClF4N3. The van der Waals surface area contributed by atoms with E-state index in [2.05, 4.69) is 10.3 Å². The molecule has 0 unspecified atom stereocenters. The van der Waals surface area contributed by atoms with Crippen LogP contribution in [-0.4, -0.2) is 4.98 Å². The number of nitrogens with two attached hydrogens (primary N) is 1. The van der Waals surface area contributed by atoms with Crippen LogP contribution in [0.25, 0.3) is 0 Å². The zero-order chi connectivity index (χ0) is 14.9. The predicted molar refractivity (Wildman–Crippen MR) is 68.3 cm³/mol. The van der Waals surface area contributed by atoms with Crippen LogP contribution in [0.2, 0.25) is 5.02 Å². The maximum absolute atomic E-state index is 13.0. The molecule has 20 heavy (non-hydrogen) atoms. The predicted octanol–water partition coefficient (Wildman–Crippen LogP) is 4.22. The second-order valence-corrected chi connectivity index (χ2v) is 4.32. The Balaban J connectivity index is 2.35. The second-order valence-electron chi connectivity index (χ2n) is 3.91. The van der Waals surface area contributed by atoms with Gasteiger partial charge in [0.15, 0.2) is 0 Å². The minimum Gasteiger partial charge on any atom is -0.382 e. The number of nitrogen functional groups attached to an aromatic ring is 1. The number of halogens is 5. The highest BCUT2D eigenvalue weighted by Crippen LogP contribution is 2.33. The smallest absolute Gasteiger partial charge is 0.382 e. The van der Waals surface area contributed by atoms with Crippen molar-refractivity contribution in [3.05, 3.63) is 46.9 Å². The second kappa shape index (κ2) is 5.16. The Labute approximate surface area is 116 Å². The Kier molecular flexibility index (Phi) is 3.71. The van der Waals surface area contributed by atoms with Crippen molar-refractivity contribution in [2.75, 3.05) is 11.1 Å². The van der Waals surface area contributed by atoms with Gasteiger partial charge in [0.1, 0.15) is 11.6 Å². The Morgan fingerprint density at radius 3 is 2.50 bits per heavy atom. The molecule has 0 saturated carbocycles. The average molecular weight is 306 g/mol. The van der Waals surface area contributed by atoms with Crippen LogP contribution in [0, 0.1) is 5.82 Å². The highest BCUT2D eigenvalue weighted by atomic mass is 35.5. The van der Waals surface area contributed by atoms with Crippen LogP contribution in [0.3, 0.4) is 0 Å². The van der Waals surface area contributed by atoms with Crippen molar-refractivity contribution in [1.82, 2.24) is 4.98 Å². The molecule has 0 saturated heterocycles. The summed E-state index contributed by atoms with van der Waals surface area (Å²) < 4.78 is 50.7. The zero-order valence-electron chi connectivity index (χ0n) is 9.80. The monoisotopic (exact) mass is 305 g/mol. The third-order valence-electron chi connectivity index (χ3n) is 2.44. The van der Waals surface area contributed by atoms with Crippen molar-refractivity contribution in [2.24, 2.45) is 0 Å². The van der Waals surface area contributed by atoms with Crippen LogP contribution >= 0.6 is 11.6 Å². The summed E-state index contributed by atoms with van der Waals surface area (Å²) in [6.45, 7) is 0. The number of benzene rings is 1. The van der Waals surface area contributed by atoms with Gasteiger partial charge < -0.3 is 11.1 Å². The van der Waals surface area contributed by atoms with Crippen LogP contribution in [0.1, 0.15) is 5.56 Å². The molecule has 0 radical (unpaired) electrons. The molecule has 0 spiro atoms. The average Bonchev–Trinajstić information content (AvgIpc) is 2.35. The maximum Gasteiger partial charge on any atom is 0.417 e. The third-order valence-corrected chi connectivity index (χ3v) is 2.73. The van der Waals surface area contributed by atoms with Crippen molar-refractivity contribution >= 4 is 28.8 Å². The van der Waals surface area contributed by atoms with Gasteiger partial charge in [-0.05, 0) is 24.3 Å². The first-order valence-electron chi connectivity index (χ1n) is 5.32. The molecule has 1 aromatic carbocycles. The highest BCUT2D eigenvalue weighted by Gasteiger charge is 2.31. The van der Waals surface area contributed by atoms with Crippen molar-refractivity contribution in [1.29, 1.82) is 0 Å². The van der Waals surface area contributed by atoms with Gasteiger partial charge in [-0.25, -0.2) is 9.37 Å². The summed E-state index contributed by atoms with van der Waals surface area (Å²) in [5.74, 6) is -0.745. The van der Waals surface area contributed by atoms with E-state index in [9.17, 15) is 17.6 Å². The van der Waals surface area contributed by atoms with Gasteiger partial charge in [-0.1, -0.05) is 11.6 Å². The molecule has 0 aliphatic heterocycles. The zero-order valence-corrected chi connectivity index (χ0v) is 10.6. The lowest BCUT2D eigenvalue weighted by atomic mass is 10.2. The molecule has 2 aromatic rings. The first kappa shape index (κ1) is 14.4. The quantitative estimate of drug-likeness (QED) is 0.817. The number of nitrogens with zero attached hydrogens (tertiary/aromatic N) is 1. The Morgan fingerprint density at radius 2 is 1.90 bits per heavy atom. The van der Waals surface area contributed by atoms with Crippen molar-refractivity contribution in [3.8, 4) is 0 Å². The van der Waals surface area contributed by atoms with Crippen LogP contribution < -0.4 is 11.1 Å². The summed E-state index contributed by atoms with van der Waals surface area (Å²) in [5.41, 5.74) is 4.81. The summed E-state index contributed by atoms with van der Waals surface area (Å²) in [6.07, 6.45) is -3.89. The Morgan fingerprint density at radius 1 is 1.20 bits per heavy atom. The highest BCUT2D eigenvalue weighted by molar-refractivity contribution is 6.31. The first-order valence-corrected chi connectivity index (χ1v) is 5.70. The van der Waals surface area contributed by atoms with E-state index in [0.717, 1.165) is 12.1 Å². The lowest BCUT2D eigenvalue weighted by Crippen LogP contribution is -2.08. The molecule has 1 heterocycles. The number of hydrogen-bond acceptors (Lipinski definition) is 3. The molecule has 0 atom stereocenters. The number of alkyl halides is 3. The molecule has 8 heteroatoms. The van der Waals surface area contributed by atoms with E-state index in [1.54, 1.807) is 0 Å². The van der Waals surface area contributed by atoms with Crippen LogP contribution in [0.5, 0.6) is 0 Å². The number of pyridine rings is 1. The number of nitrogens with one attached hydrogen (secondary N) is 1. The molecule has 0 fully saturated rings. The number of hydrogen-bond donors (Lipinski definition) is 2. The fourth-order valence-corrected chi connectivity index (χ4v) is 1.64.